The summed E-state index contributed by atoms with van der Waals surface area (Å²) in [6, 6.07) is 9.31. The van der Waals surface area contributed by atoms with Gasteiger partial charge in [-0.2, -0.15) is 0 Å². The van der Waals surface area contributed by atoms with E-state index < -0.39 is 0 Å². The fourth-order valence-electron chi connectivity index (χ4n) is 4.65. The Kier molecular flexibility index (Phi) is 7.70. The third-order valence-corrected chi connectivity index (χ3v) is 6.65. The van der Waals surface area contributed by atoms with E-state index in [2.05, 4.69) is 20.6 Å². The van der Waals surface area contributed by atoms with E-state index in [0.717, 1.165) is 62.6 Å². The van der Waals surface area contributed by atoms with Gasteiger partial charge < -0.3 is 16.4 Å². The maximum atomic E-state index is 12.5. The molecule has 0 bridgehead atoms. The van der Waals surface area contributed by atoms with Crippen LogP contribution in [0.2, 0.25) is 0 Å². The molecule has 7 heteroatoms. The standard InChI is InChI=1S/C26H33N5O2/c27-24-23(15-22(17-29-24)31-26(33)20-9-5-2-6-10-20)28-16-18-11-13-21(14-12-18)30-25(32)19-7-3-1-4-8-19/h11-17,19-20H,1-10H2,(H2,27,29)(H,30,32)(H,31,33). The Bertz CT molecular complexity index is 990. The number of nitrogens with two attached hydrogens (primary N) is 1. The Balaban J connectivity index is 1.36. The molecule has 0 atom stereocenters. The van der Waals surface area contributed by atoms with Crippen molar-refractivity contribution < 1.29 is 9.59 Å². The van der Waals surface area contributed by atoms with Gasteiger partial charge >= 0.3 is 0 Å². The van der Waals surface area contributed by atoms with Crippen molar-refractivity contribution in [3.05, 3.63) is 42.1 Å². The molecule has 33 heavy (non-hydrogen) atoms. The number of carbonyl (C=O) groups excluding carboxylic acids is 2. The van der Waals surface area contributed by atoms with Crippen LogP contribution in [-0.4, -0.2) is 23.0 Å². The van der Waals surface area contributed by atoms with Crippen molar-refractivity contribution in [2.45, 2.75) is 64.2 Å². The average Bonchev–Trinajstić information content (AvgIpc) is 2.86. The lowest BCUT2D eigenvalue weighted by Crippen LogP contribution is -2.24. The number of anilines is 3. The van der Waals surface area contributed by atoms with E-state index in [0.29, 0.717) is 17.2 Å². The highest BCUT2D eigenvalue weighted by atomic mass is 16.2. The molecule has 0 radical (unpaired) electrons. The number of rotatable bonds is 6. The van der Waals surface area contributed by atoms with Crippen LogP contribution in [0, 0.1) is 11.8 Å². The Labute approximate surface area is 195 Å². The van der Waals surface area contributed by atoms with Gasteiger partial charge in [-0.05, 0) is 49.4 Å². The van der Waals surface area contributed by atoms with Crippen LogP contribution in [0.25, 0.3) is 0 Å². The van der Waals surface area contributed by atoms with Gasteiger partial charge in [0.25, 0.3) is 0 Å². The van der Waals surface area contributed by atoms with Crippen molar-refractivity contribution in [3.63, 3.8) is 0 Å². The van der Waals surface area contributed by atoms with E-state index >= 15 is 0 Å². The first-order valence-corrected chi connectivity index (χ1v) is 12.1. The third kappa shape index (κ3) is 6.40. The maximum absolute atomic E-state index is 12.5. The molecule has 2 aliphatic carbocycles. The monoisotopic (exact) mass is 447 g/mol. The minimum absolute atomic E-state index is 0.0436. The first-order chi connectivity index (χ1) is 16.1. The van der Waals surface area contributed by atoms with Crippen LogP contribution in [0.4, 0.5) is 22.9 Å². The second-order valence-corrected chi connectivity index (χ2v) is 9.16. The quantitative estimate of drug-likeness (QED) is 0.511. The molecule has 2 aromatic rings. The van der Waals surface area contributed by atoms with Crippen molar-refractivity contribution in [1.29, 1.82) is 0 Å². The highest BCUT2D eigenvalue weighted by molar-refractivity contribution is 5.94. The zero-order valence-corrected chi connectivity index (χ0v) is 19.1. The van der Waals surface area contributed by atoms with Gasteiger partial charge in [-0.1, -0.05) is 50.7 Å². The summed E-state index contributed by atoms with van der Waals surface area (Å²) in [6.07, 6.45) is 14.0. The third-order valence-electron chi connectivity index (χ3n) is 6.65. The predicted octanol–water partition coefficient (Wildman–Crippen LogP) is 5.45. The van der Waals surface area contributed by atoms with E-state index in [4.69, 9.17) is 5.73 Å². The first-order valence-electron chi connectivity index (χ1n) is 12.1. The molecule has 0 unspecified atom stereocenters. The minimum Gasteiger partial charge on any atom is -0.382 e. The number of hydrogen-bond donors (Lipinski definition) is 3. The fourth-order valence-corrected chi connectivity index (χ4v) is 4.65. The summed E-state index contributed by atoms with van der Waals surface area (Å²) in [4.78, 5) is 33.6. The number of pyridine rings is 1. The van der Waals surface area contributed by atoms with Crippen molar-refractivity contribution in [2.75, 3.05) is 16.4 Å². The highest BCUT2D eigenvalue weighted by Gasteiger charge is 2.22. The van der Waals surface area contributed by atoms with Gasteiger partial charge in [0.15, 0.2) is 0 Å². The molecule has 174 valence electrons. The number of hydrogen-bond acceptors (Lipinski definition) is 5. The Hall–Kier alpha value is -3.22. The number of amides is 2. The lowest BCUT2D eigenvalue weighted by molar-refractivity contribution is -0.121. The Morgan fingerprint density at radius 2 is 1.39 bits per heavy atom. The average molecular weight is 448 g/mol. The zero-order chi connectivity index (χ0) is 23.0. The van der Waals surface area contributed by atoms with E-state index in [-0.39, 0.29) is 23.7 Å². The molecule has 0 spiro atoms. The van der Waals surface area contributed by atoms with Gasteiger partial charge in [0, 0.05) is 23.7 Å². The number of benzene rings is 1. The van der Waals surface area contributed by atoms with Gasteiger partial charge in [0.1, 0.15) is 11.5 Å². The van der Waals surface area contributed by atoms with Gasteiger partial charge in [0.2, 0.25) is 11.8 Å². The summed E-state index contributed by atoms with van der Waals surface area (Å²) in [5.74, 6) is 0.657. The molecule has 2 saturated carbocycles. The van der Waals surface area contributed by atoms with Gasteiger partial charge in [0.05, 0.1) is 11.9 Å². The molecule has 4 N–H and O–H groups in total. The second-order valence-electron chi connectivity index (χ2n) is 9.16. The fraction of sp³-hybridized carbons (Fsp3) is 0.462. The SMILES string of the molecule is Nc1ncc(NC(=O)C2CCCCC2)cc1N=Cc1ccc(NC(=O)C2CCCCC2)cc1. The molecule has 1 aromatic carbocycles. The predicted molar refractivity (Wildman–Crippen MR) is 133 cm³/mol. The lowest BCUT2D eigenvalue weighted by atomic mass is 9.88. The molecule has 1 heterocycles. The van der Waals surface area contributed by atoms with Crippen molar-refractivity contribution in [2.24, 2.45) is 16.8 Å². The summed E-state index contributed by atoms with van der Waals surface area (Å²) in [5, 5.41) is 5.98. The number of nitrogens with one attached hydrogen (secondary N) is 2. The number of aromatic nitrogens is 1. The maximum Gasteiger partial charge on any atom is 0.227 e. The largest absolute Gasteiger partial charge is 0.382 e. The van der Waals surface area contributed by atoms with Crippen molar-refractivity contribution in [3.8, 4) is 0 Å². The van der Waals surface area contributed by atoms with Crippen molar-refractivity contribution in [1.82, 2.24) is 4.98 Å². The van der Waals surface area contributed by atoms with Crippen LogP contribution < -0.4 is 16.4 Å². The van der Waals surface area contributed by atoms with Crippen LogP contribution in [0.1, 0.15) is 69.8 Å². The second kappa shape index (κ2) is 11.1. The van der Waals surface area contributed by atoms with E-state index in [1.807, 2.05) is 24.3 Å². The lowest BCUT2D eigenvalue weighted by Gasteiger charge is -2.20. The van der Waals surface area contributed by atoms with Crippen LogP contribution in [0.5, 0.6) is 0 Å². The van der Waals surface area contributed by atoms with Crippen LogP contribution in [-0.2, 0) is 9.59 Å². The van der Waals surface area contributed by atoms with E-state index in [1.54, 1.807) is 18.5 Å². The van der Waals surface area contributed by atoms with Crippen molar-refractivity contribution >= 4 is 40.9 Å². The number of nitrogen functional groups attached to an aromatic ring is 1. The molecule has 2 aliphatic rings. The summed E-state index contributed by atoms with van der Waals surface area (Å²) in [6.45, 7) is 0. The van der Waals surface area contributed by atoms with Gasteiger partial charge in [-0.25, -0.2) is 4.98 Å². The van der Waals surface area contributed by atoms with E-state index in [9.17, 15) is 9.59 Å². The summed E-state index contributed by atoms with van der Waals surface area (Å²) < 4.78 is 0. The van der Waals surface area contributed by atoms with Crippen LogP contribution >= 0.6 is 0 Å². The normalized spacial score (nSPS) is 17.7. The molecule has 2 amide bonds. The molecule has 4 rings (SSSR count). The minimum atomic E-state index is 0.0436. The molecule has 2 fully saturated rings. The Morgan fingerprint density at radius 3 is 1.97 bits per heavy atom. The summed E-state index contributed by atoms with van der Waals surface area (Å²) in [5.41, 5.74) is 8.77. The molecule has 0 aliphatic heterocycles. The Morgan fingerprint density at radius 1 is 0.848 bits per heavy atom. The van der Waals surface area contributed by atoms with Crippen LogP contribution in [0.15, 0.2) is 41.5 Å². The molecular weight excluding hydrogens is 414 g/mol. The summed E-state index contributed by atoms with van der Waals surface area (Å²) >= 11 is 0. The molecule has 7 nitrogen and oxygen atoms in total. The number of nitrogens with zero attached hydrogens (tertiary/aromatic N) is 2. The molecular formula is C26H33N5O2. The number of carbonyl (C=O) groups is 2. The summed E-state index contributed by atoms with van der Waals surface area (Å²) in [7, 11) is 0. The first kappa shape index (κ1) is 23.0. The smallest absolute Gasteiger partial charge is 0.227 e. The topological polar surface area (TPSA) is 109 Å². The molecule has 1 aromatic heterocycles. The zero-order valence-electron chi connectivity index (χ0n) is 19.1. The molecule has 0 saturated heterocycles. The van der Waals surface area contributed by atoms with E-state index in [1.165, 1.54) is 12.8 Å². The van der Waals surface area contributed by atoms with Crippen LogP contribution in [0.3, 0.4) is 0 Å². The van der Waals surface area contributed by atoms with Gasteiger partial charge in [-0.3, -0.25) is 14.6 Å². The van der Waals surface area contributed by atoms with Gasteiger partial charge in [-0.15, -0.1) is 0 Å². The number of aliphatic imine (C=N–C) groups is 1. The highest BCUT2D eigenvalue weighted by Crippen LogP contribution is 2.28.